The van der Waals surface area contributed by atoms with Crippen LogP contribution in [0.2, 0.25) is 0 Å². The zero-order valence-electron chi connectivity index (χ0n) is 24.4. The first-order valence-corrected chi connectivity index (χ1v) is 15.1. The molecule has 0 saturated carbocycles. The quantitative estimate of drug-likeness (QED) is 0.183. The fourth-order valence-corrected chi connectivity index (χ4v) is 5.34. The van der Waals surface area contributed by atoms with E-state index >= 15 is 0 Å². The van der Waals surface area contributed by atoms with Crippen molar-refractivity contribution in [2.45, 2.75) is 31.0 Å². The number of aliphatic imine (C=N–C) groups is 1. The lowest BCUT2D eigenvalue weighted by atomic mass is 9.82. The van der Waals surface area contributed by atoms with E-state index in [9.17, 15) is 4.79 Å². The molecule has 43 heavy (non-hydrogen) atoms. The van der Waals surface area contributed by atoms with Crippen LogP contribution in [0.15, 0.2) is 113 Å². The van der Waals surface area contributed by atoms with Crippen molar-refractivity contribution in [1.29, 1.82) is 0 Å². The minimum absolute atomic E-state index is 0.0769. The molecule has 4 aromatic carbocycles. The van der Waals surface area contributed by atoms with Gasteiger partial charge in [0.25, 0.3) is 5.91 Å². The summed E-state index contributed by atoms with van der Waals surface area (Å²) in [5, 5.41) is 12.2. The van der Waals surface area contributed by atoms with Gasteiger partial charge in [0.15, 0.2) is 11.6 Å². The molecule has 0 unspecified atom stereocenters. The molecule has 0 fully saturated rings. The number of nitrogens with zero attached hydrogens (tertiary/aromatic N) is 2. The lowest BCUT2D eigenvalue weighted by Gasteiger charge is -2.31. The van der Waals surface area contributed by atoms with Crippen LogP contribution in [0.25, 0.3) is 0 Å². The number of amides is 1. The molecule has 2 N–H and O–H groups in total. The van der Waals surface area contributed by atoms with Crippen molar-refractivity contribution in [3.63, 3.8) is 0 Å². The topological polar surface area (TPSA) is 83.4 Å². The molecule has 0 spiro atoms. The molecule has 5 rings (SSSR count). The van der Waals surface area contributed by atoms with Crippen LogP contribution in [0.5, 0.6) is 5.75 Å². The molecule has 222 valence electrons. The summed E-state index contributed by atoms with van der Waals surface area (Å²) in [7, 11) is 4.00. The Morgan fingerprint density at radius 3 is 2.28 bits per heavy atom. The Hall–Kier alpha value is -4.14. The minimum atomic E-state index is -1.26. The van der Waals surface area contributed by atoms with Gasteiger partial charge in [-0.05, 0) is 65.2 Å². The third-order valence-electron chi connectivity index (χ3n) is 7.42. The molecule has 1 amide bonds. The largest absolute Gasteiger partial charge is 0.494 e. The summed E-state index contributed by atoms with van der Waals surface area (Å²) < 4.78 is 13.3. The number of carbonyl (C=O) groups is 1. The van der Waals surface area contributed by atoms with E-state index in [-0.39, 0.29) is 12.5 Å². The van der Waals surface area contributed by atoms with E-state index in [1.165, 1.54) is 0 Å². The molecule has 7 nitrogen and oxygen atoms in total. The first-order chi connectivity index (χ1) is 20.9. The van der Waals surface area contributed by atoms with Gasteiger partial charge in [0.05, 0.1) is 6.61 Å². The number of halogens is 1. The first-order valence-electron chi connectivity index (χ1n) is 14.3. The van der Waals surface area contributed by atoms with Gasteiger partial charge in [0, 0.05) is 55.8 Å². The van der Waals surface area contributed by atoms with Gasteiger partial charge in [0.1, 0.15) is 5.75 Å². The number of carbonyl (C=O) groups excluding carboxylic acids is 1. The Labute approximate surface area is 261 Å². The maximum atomic E-state index is 14.4. The molecular formula is C35H36BrN3O4. The molecule has 0 radical (unpaired) electrons. The second kappa shape index (κ2) is 13.9. The molecule has 2 atom stereocenters. The third kappa shape index (κ3) is 7.27. The molecule has 1 aliphatic rings. The van der Waals surface area contributed by atoms with Crippen molar-refractivity contribution in [2.24, 2.45) is 4.99 Å². The number of benzene rings is 4. The van der Waals surface area contributed by atoms with Crippen molar-refractivity contribution in [1.82, 2.24) is 5.32 Å². The average Bonchev–Trinajstić information content (AvgIpc) is 3.42. The standard InChI is InChI=1S/C35H36BrN3O4/c1-39(2)30-17-11-26(12-18-30)24-37-34(41)35(23-25-9-15-29(36)16-10-25)32(27-7-4-3-5-8-27)43-33(38-35)28-13-19-31(20-14-28)42-22-6-21-40/h3-5,7-20,32,40H,6,21-24H2,1-2H3,(H,37,41)/t32-,35-/m1/s1. The zero-order valence-corrected chi connectivity index (χ0v) is 26.0. The highest BCUT2D eigenvalue weighted by Gasteiger charge is 2.53. The van der Waals surface area contributed by atoms with Crippen molar-refractivity contribution in [3.05, 3.63) is 130 Å². The van der Waals surface area contributed by atoms with Crippen LogP contribution in [0.1, 0.15) is 34.8 Å². The van der Waals surface area contributed by atoms with Gasteiger partial charge in [0.2, 0.25) is 5.90 Å². The fourth-order valence-electron chi connectivity index (χ4n) is 5.07. The number of hydrogen-bond donors (Lipinski definition) is 2. The number of nitrogens with one attached hydrogen (secondary N) is 1. The number of anilines is 1. The predicted octanol–water partition coefficient (Wildman–Crippen LogP) is 6.09. The number of hydrogen-bond acceptors (Lipinski definition) is 6. The molecule has 8 heteroatoms. The Bertz CT molecular complexity index is 1520. The Kier molecular flexibility index (Phi) is 9.79. The summed E-state index contributed by atoms with van der Waals surface area (Å²) in [4.78, 5) is 21.5. The monoisotopic (exact) mass is 641 g/mol. The van der Waals surface area contributed by atoms with Crippen LogP contribution < -0.4 is 15.0 Å². The minimum Gasteiger partial charge on any atom is -0.494 e. The lowest BCUT2D eigenvalue weighted by Crippen LogP contribution is -2.49. The SMILES string of the molecule is CN(C)c1ccc(CNC(=O)[C@]2(Cc3ccc(Br)cc3)N=C(c3ccc(OCCCO)cc3)O[C@@H]2c2ccccc2)cc1. The number of aliphatic hydroxyl groups is 1. The van der Waals surface area contributed by atoms with Crippen LogP contribution >= 0.6 is 15.9 Å². The van der Waals surface area contributed by atoms with Crippen molar-refractivity contribution >= 4 is 33.4 Å². The normalized spacial score (nSPS) is 17.6. The first kappa shape index (κ1) is 30.3. The van der Waals surface area contributed by atoms with Crippen LogP contribution in [-0.2, 0) is 22.5 Å². The molecule has 0 aliphatic carbocycles. The molecule has 1 aliphatic heterocycles. The summed E-state index contributed by atoms with van der Waals surface area (Å²) in [6.45, 7) is 0.867. The van der Waals surface area contributed by atoms with E-state index in [1.807, 2.05) is 122 Å². The van der Waals surface area contributed by atoms with Gasteiger partial charge in [-0.3, -0.25) is 4.79 Å². The van der Waals surface area contributed by atoms with E-state index in [0.29, 0.717) is 37.6 Å². The zero-order chi connectivity index (χ0) is 30.2. The number of ether oxygens (including phenoxy) is 2. The second-order valence-corrected chi connectivity index (χ2v) is 11.7. The molecule has 1 heterocycles. The highest BCUT2D eigenvalue weighted by molar-refractivity contribution is 9.10. The molecule has 0 bridgehead atoms. The fraction of sp³-hybridized carbons (Fsp3) is 0.257. The average molecular weight is 643 g/mol. The molecule has 0 aromatic heterocycles. The summed E-state index contributed by atoms with van der Waals surface area (Å²) in [6, 6.07) is 33.4. The summed E-state index contributed by atoms with van der Waals surface area (Å²) in [6.07, 6.45) is 0.255. The summed E-state index contributed by atoms with van der Waals surface area (Å²) in [5.41, 5.74) is 3.41. The predicted molar refractivity (Wildman–Crippen MR) is 174 cm³/mol. The maximum absolute atomic E-state index is 14.4. The van der Waals surface area contributed by atoms with Gasteiger partial charge in [-0.1, -0.05) is 70.5 Å². The summed E-state index contributed by atoms with van der Waals surface area (Å²) in [5.74, 6) is 0.882. The van der Waals surface area contributed by atoms with Crippen molar-refractivity contribution in [2.75, 3.05) is 32.2 Å². The molecule has 0 saturated heterocycles. The number of rotatable bonds is 12. The maximum Gasteiger partial charge on any atom is 0.252 e. The number of aliphatic hydroxyl groups excluding tert-OH is 1. The lowest BCUT2D eigenvalue weighted by molar-refractivity contribution is -0.129. The van der Waals surface area contributed by atoms with Crippen LogP contribution in [0.3, 0.4) is 0 Å². The van der Waals surface area contributed by atoms with E-state index in [1.54, 1.807) is 0 Å². The Balaban J connectivity index is 1.51. The van der Waals surface area contributed by atoms with Gasteiger partial charge in [-0.2, -0.15) is 0 Å². The van der Waals surface area contributed by atoms with Crippen LogP contribution in [0.4, 0.5) is 5.69 Å². The molecule has 4 aromatic rings. The highest BCUT2D eigenvalue weighted by Crippen LogP contribution is 2.42. The van der Waals surface area contributed by atoms with E-state index in [4.69, 9.17) is 19.6 Å². The van der Waals surface area contributed by atoms with Crippen molar-refractivity contribution < 1.29 is 19.4 Å². The van der Waals surface area contributed by atoms with E-state index in [2.05, 4.69) is 21.2 Å². The smallest absolute Gasteiger partial charge is 0.252 e. The van der Waals surface area contributed by atoms with Gasteiger partial charge in [-0.25, -0.2) is 4.99 Å². The van der Waals surface area contributed by atoms with Crippen LogP contribution in [-0.4, -0.2) is 49.8 Å². The van der Waals surface area contributed by atoms with Gasteiger partial charge in [-0.15, -0.1) is 0 Å². The van der Waals surface area contributed by atoms with E-state index in [0.717, 1.165) is 32.4 Å². The Morgan fingerprint density at radius 2 is 1.63 bits per heavy atom. The Morgan fingerprint density at radius 1 is 0.953 bits per heavy atom. The van der Waals surface area contributed by atoms with Gasteiger partial charge >= 0.3 is 0 Å². The molecular weight excluding hydrogens is 606 g/mol. The van der Waals surface area contributed by atoms with Crippen LogP contribution in [0, 0.1) is 0 Å². The summed E-state index contributed by atoms with van der Waals surface area (Å²) >= 11 is 3.52. The van der Waals surface area contributed by atoms with Crippen molar-refractivity contribution in [3.8, 4) is 5.75 Å². The second-order valence-electron chi connectivity index (χ2n) is 10.7. The highest BCUT2D eigenvalue weighted by atomic mass is 79.9. The van der Waals surface area contributed by atoms with E-state index < -0.39 is 11.6 Å². The third-order valence-corrected chi connectivity index (χ3v) is 7.95. The van der Waals surface area contributed by atoms with Gasteiger partial charge < -0.3 is 24.8 Å².